The standard InChI is InChI=1S/C7H14O3.C6H6/c1-7(2,3)4-5(8)6(9)10;1-2-4-6-5-3-1/h5,8H,4H2,1-3H3,(H,9,10);1-6H. The van der Waals surface area contributed by atoms with Crippen molar-refractivity contribution in [2.45, 2.75) is 33.3 Å². The van der Waals surface area contributed by atoms with Crippen LogP contribution in [0.2, 0.25) is 0 Å². The van der Waals surface area contributed by atoms with Gasteiger partial charge < -0.3 is 10.2 Å². The Morgan fingerprint density at radius 1 is 1.06 bits per heavy atom. The topological polar surface area (TPSA) is 57.5 Å². The molecule has 0 amide bonds. The van der Waals surface area contributed by atoms with Gasteiger partial charge in [0.1, 0.15) is 0 Å². The Balaban J connectivity index is 0.000000315. The lowest BCUT2D eigenvalue weighted by Crippen LogP contribution is -2.25. The molecule has 0 fully saturated rings. The summed E-state index contributed by atoms with van der Waals surface area (Å²) in [5, 5.41) is 17.2. The molecule has 0 saturated heterocycles. The molecule has 16 heavy (non-hydrogen) atoms. The first-order valence-corrected chi connectivity index (χ1v) is 5.24. The number of rotatable bonds is 2. The molecular formula is C13H20O3. The SMILES string of the molecule is CC(C)(C)CC(O)C(=O)O.c1ccccc1. The van der Waals surface area contributed by atoms with E-state index in [9.17, 15) is 4.79 Å². The van der Waals surface area contributed by atoms with E-state index in [4.69, 9.17) is 10.2 Å². The van der Waals surface area contributed by atoms with Gasteiger partial charge in [0.25, 0.3) is 0 Å². The summed E-state index contributed by atoms with van der Waals surface area (Å²) >= 11 is 0. The predicted molar refractivity (Wildman–Crippen MR) is 64.2 cm³/mol. The molecule has 1 atom stereocenters. The maximum absolute atomic E-state index is 10.1. The number of carboxylic acids is 1. The minimum absolute atomic E-state index is 0.127. The highest BCUT2D eigenvalue weighted by molar-refractivity contribution is 5.71. The van der Waals surface area contributed by atoms with Crippen LogP contribution in [0.3, 0.4) is 0 Å². The third kappa shape index (κ3) is 9.21. The maximum Gasteiger partial charge on any atom is 0.332 e. The molecule has 0 spiro atoms. The molecule has 0 saturated carbocycles. The van der Waals surface area contributed by atoms with Crippen LogP contribution in [-0.2, 0) is 4.79 Å². The van der Waals surface area contributed by atoms with Crippen LogP contribution in [0.1, 0.15) is 27.2 Å². The van der Waals surface area contributed by atoms with Crippen molar-refractivity contribution in [3.8, 4) is 0 Å². The largest absolute Gasteiger partial charge is 0.479 e. The quantitative estimate of drug-likeness (QED) is 0.811. The molecule has 0 radical (unpaired) electrons. The van der Waals surface area contributed by atoms with E-state index in [0.717, 1.165) is 0 Å². The minimum atomic E-state index is -1.22. The zero-order chi connectivity index (χ0) is 12.6. The predicted octanol–water partition coefficient (Wildman–Crippen LogP) is 2.55. The molecule has 1 aromatic rings. The normalized spacial score (nSPS) is 12.2. The van der Waals surface area contributed by atoms with E-state index in [1.165, 1.54) is 0 Å². The van der Waals surface area contributed by atoms with Gasteiger partial charge in [-0.2, -0.15) is 0 Å². The molecule has 0 bridgehead atoms. The Morgan fingerprint density at radius 3 is 1.50 bits per heavy atom. The molecule has 0 aromatic heterocycles. The highest BCUT2D eigenvalue weighted by Gasteiger charge is 2.21. The Labute approximate surface area is 96.7 Å². The van der Waals surface area contributed by atoms with E-state index in [0.29, 0.717) is 6.42 Å². The van der Waals surface area contributed by atoms with Crippen molar-refractivity contribution in [1.82, 2.24) is 0 Å². The first kappa shape index (κ1) is 14.6. The summed E-state index contributed by atoms with van der Waals surface area (Å²) in [4.78, 5) is 10.1. The molecule has 0 heterocycles. The summed E-state index contributed by atoms with van der Waals surface area (Å²) in [5.41, 5.74) is -0.127. The zero-order valence-corrected chi connectivity index (χ0v) is 10.1. The van der Waals surface area contributed by atoms with E-state index in [1.807, 2.05) is 57.2 Å². The van der Waals surface area contributed by atoms with Crippen molar-refractivity contribution in [2.24, 2.45) is 5.41 Å². The van der Waals surface area contributed by atoms with Crippen LogP contribution in [-0.4, -0.2) is 22.3 Å². The molecule has 3 nitrogen and oxygen atoms in total. The van der Waals surface area contributed by atoms with Gasteiger partial charge >= 0.3 is 5.97 Å². The summed E-state index contributed by atoms with van der Waals surface area (Å²) in [6, 6.07) is 12.0. The second-order valence-electron chi connectivity index (χ2n) is 4.77. The Bertz CT molecular complexity index is 261. The molecule has 0 aliphatic carbocycles. The lowest BCUT2D eigenvalue weighted by atomic mass is 9.89. The highest BCUT2D eigenvalue weighted by atomic mass is 16.4. The van der Waals surface area contributed by atoms with Gasteiger partial charge in [-0.3, -0.25) is 0 Å². The van der Waals surface area contributed by atoms with E-state index >= 15 is 0 Å². The van der Waals surface area contributed by atoms with Crippen LogP contribution in [0.15, 0.2) is 36.4 Å². The summed E-state index contributed by atoms with van der Waals surface area (Å²) in [5.74, 6) is -1.14. The molecule has 0 aliphatic heterocycles. The number of aliphatic hydroxyl groups excluding tert-OH is 1. The first-order valence-electron chi connectivity index (χ1n) is 5.24. The van der Waals surface area contributed by atoms with Crippen LogP contribution in [0.5, 0.6) is 0 Å². The number of carbonyl (C=O) groups is 1. The number of aliphatic hydroxyl groups is 1. The van der Waals surface area contributed by atoms with Crippen molar-refractivity contribution in [2.75, 3.05) is 0 Å². The minimum Gasteiger partial charge on any atom is -0.479 e. The lowest BCUT2D eigenvalue weighted by molar-refractivity contribution is -0.148. The van der Waals surface area contributed by atoms with Crippen LogP contribution < -0.4 is 0 Å². The van der Waals surface area contributed by atoms with Crippen LogP contribution >= 0.6 is 0 Å². The number of hydrogen-bond donors (Lipinski definition) is 2. The van der Waals surface area contributed by atoms with Crippen LogP contribution in [0.4, 0.5) is 0 Å². The first-order chi connectivity index (χ1) is 7.33. The Hall–Kier alpha value is -1.35. The number of benzene rings is 1. The van der Waals surface area contributed by atoms with Gasteiger partial charge in [-0.15, -0.1) is 0 Å². The van der Waals surface area contributed by atoms with Gasteiger partial charge in [-0.1, -0.05) is 57.2 Å². The number of carboxylic acid groups (broad SMARTS) is 1. The number of aliphatic carboxylic acids is 1. The van der Waals surface area contributed by atoms with Gasteiger partial charge in [0.2, 0.25) is 0 Å². The summed E-state index contributed by atoms with van der Waals surface area (Å²) in [7, 11) is 0. The Kier molecular flexibility index (Phi) is 6.42. The van der Waals surface area contributed by atoms with Gasteiger partial charge in [0.15, 0.2) is 6.10 Å². The second-order valence-corrected chi connectivity index (χ2v) is 4.77. The van der Waals surface area contributed by atoms with E-state index < -0.39 is 12.1 Å². The van der Waals surface area contributed by atoms with E-state index in [2.05, 4.69) is 0 Å². The van der Waals surface area contributed by atoms with Gasteiger partial charge in [0, 0.05) is 0 Å². The lowest BCUT2D eigenvalue weighted by Gasteiger charge is -2.19. The van der Waals surface area contributed by atoms with Crippen molar-refractivity contribution >= 4 is 5.97 Å². The molecule has 0 aliphatic rings. The molecular weight excluding hydrogens is 204 g/mol. The van der Waals surface area contributed by atoms with Crippen molar-refractivity contribution < 1.29 is 15.0 Å². The fourth-order valence-corrected chi connectivity index (χ4v) is 1.05. The summed E-state index contributed by atoms with van der Waals surface area (Å²) < 4.78 is 0. The van der Waals surface area contributed by atoms with Gasteiger partial charge in [-0.05, 0) is 11.8 Å². The average Bonchev–Trinajstić information content (AvgIpc) is 2.18. The van der Waals surface area contributed by atoms with Crippen molar-refractivity contribution in [1.29, 1.82) is 0 Å². The molecule has 1 unspecified atom stereocenters. The monoisotopic (exact) mass is 224 g/mol. The highest BCUT2D eigenvalue weighted by Crippen LogP contribution is 2.20. The summed E-state index contributed by atoms with van der Waals surface area (Å²) in [6.45, 7) is 5.66. The molecule has 1 rings (SSSR count). The Morgan fingerprint density at radius 2 is 1.38 bits per heavy atom. The molecule has 3 heteroatoms. The third-order valence-corrected chi connectivity index (χ3v) is 1.76. The third-order valence-electron chi connectivity index (χ3n) is 1.76. The zero-order valence-electron chi connectivity index (χ0n) is 10.1. The second kappa shape index (κ2) is 7.01. The molecule has 90 valence electrons. The fourth-order valence-electron chi connectivity index (χ4n) is 1.05. The fraction of sp³-hybridized carbons (Fsp3) is 0.462. The van der Waals surface area contributed by atoms with Crippen molar-refractivity contribution in [3.05, 3.63) is 36.4 Å². The van der Waals surface area contributed by atoms with Crippen molar-refractivity contribution in [3.63, 3.8) is 0 Å². The number of hydrogen-bond acceptors (Lipinski definition) is 2. The van der Waals surface area contributed by atoms with E-state index in [-0.39, 0.29) is 5.41 Å². The van der Waals surface area contributed by atoms with Gasteiger partial charge in [-0.25, -0.2) is 4.79 Å². The maximum atomic E-state index is 10.1. The average molecular weight is 224 g/mol. The summed E-state index contributed by atoms with van der Waals surface area (Å²) in [6.07, 6.45) is -0.928. The molecule has 1 aromatic carbocycles. The van der Waals surface area contributed by atoms with Gasteiger partial charge in [0.05, 0.1) is 0 Å². The smallest absolute Gasteiger partial charge is 0.332 e. The van der Waals surface area contributed by atoms with Crippen LogP contribution in [0.25, 0.3) is 0 Å². The van der Waals surface area contributed by atoms with Crippen LogP contribution in [0, 0.1) is 5.41 Å². The molecule has 2 N–H and O–H groups in total. The van der Waals surface area contributed by atoms with E-state index in [1.54, 1.807) is 0 Å².